The van der Waals surface area contributed by atoms with Gasteiger partial charge in [0.1, 0.15) is 24.4 Å². The molecule has 0 aliphatic carbocycles. The van der Waals surface area contributed by atoms with E-state index in [4.69, 9.17) is 0 Å². The van der Waals surface area contributed by atoms with Gasteiger partial charge in [-0.05, 0) is 12.1 Å². The van der Waals surface area contributed by atoms with Gasteiger partial charge in [-0.25, -0.2) is 13.3 Å². The van der Waals surface area contributed by atoms with Crippen LogP contribution in [0.15, 0.2) is 42.7 Å². The average molecular weight is 249 g/mol. The molecule has 0 atom stereocenters. The Bertz CT molecular complexity index is 562. The number of hydrogen-bond acceptors (Lipinski definition) is 1. The lowest BCUT2D eigenvalue weighted by molar-refractivity contribution is -0.671. The van der Waals surface area contributed by atoms with Crippen LogP contribution in [0.2, 0.25) is 0 Å². The van der Waals surface area contributed by atoms with Crippen LogP contribution < -0.4 is 9.88 Å². The lowest BCUT2D eigenvalue weighted by atomic mass is 10.2. The van der Waals surface area contributed by atoms with E-state index < -0.39 is 23.2 Å². The van der Waals surface area contributed by atoms with Gasteiger partial charge in [0.05, 0.1) is 5.56 Å². The van der Waals surface area contributed by atoms with Gasteiger partial charge in [0.15, 0.2) is 12.4 Å². The Hall–Kier alpha value is -2.30. The standard InChI is InChI=1S/C13H10F2N2O/c1-17-7-5-9(6-8-17)13(18)16-12-10(14)3-2-4-11(12)15/h2-8H,1H3/p+1. The van der Waals surface area contributed by atoms with Gasteiger partial charge in [-0.1, -0.05) is 6.07 Å². The van der Waals surface area contributed by atoms with E-state index in [-0.39, 0.29) is 0 Å². The van der Waals surface area contributed by atoms with E-state index in [9.17, 15) is 13.6 Å². The number of amides is 1. The van der Waals surface area contributed by atoms with Gasteiger partial charge >= 0.3 is 0 Å². The van der Waals surface area contributed by atoms with Gasteiger partial charge in [-0.3, -0.25) is 4.79 Å². The third-order valence-corrected chi connectivity index (χ3v) is 2.44. The molecule has 0 bridgehead atoms. The largest absolute Gasteiger partial charge is 0.317 e. The van der Waals surface area contributed by atoms with Crippen molar-refractivity contribution in [3.63, 3.8) is 0 Å². The molecule has 18 heavy (non-hydrogen) atoms. The highest BCUT2D eigenvalue weighted by Crippen LogP contribution is 2.18. The third kappa shape index (κ3) is 2.51. The molecule has 0 unspecified atom stereocenters. The average Bonchev–Trinajstić information content (AvgIpc) is 2.34. The molecule has 0 radical (unpaired) electrons. The van der Waals surface area contributed by atoms with E-state index in [1.165, 1.54) is 6.07 Å². The van der Waals surface area contributed by atoms with E-state index in [2.05, 4.69) is 5.32 Å². The zero-order valence-corrected chi connectivity index (χ0v) is 9.65. The highest BCUT2D eigenvalue weighted by molar-refractivity contribution is 6.04. The molecule has 1 aromatic heterocycles. The van der Waals surface area contributed by atoms with Crippen LogP contribution in [0.4, 0.5) is 14.5 Å². The van der Waals surface area contributed by atoms with Gasteiger partial charge in [-0.15, -0.1) is 0 Å². The van der Waals surface area contributed by atoms with E-state index in [1.807, 2.05) is 0 Å². The van der Waals surface area contributed by atoms with Crippen molar-refractivity contribution in [3.05, 3.63) is 59.9 Å². The number of rotatable bonds is 2. The molecule has 3 nitrogen and oxygen atoms in total. The van der Waals surface area contributed by atoms with Crippen molar-refractivity contribution in [3.8, 4) is 0 Å². The molecule has 0 spiro atoms. The number of nitrogens with one attached hydrogen (secondary N) is 1. The first-order valence-corrected chi connectivity index (χ1v) is 5.28. The Labute approximate surface area is 103 Å². The number of carbonyl (C=O) groups is 1. The molecule has 1 amide bonds. The summed E-state index contributed by atoms with van der Waals surface area (Å²) in [5.41, 5.74) is -0.105. The maximum atomic E-state index is 13.3. The molecule has 1 N–H and O–H groups in total. The number of halogens is 2. The molecule has 0 saturated carbocycles. The van der Waals surface area contributed by atoms with Crippen LogP contribution in [0.5, 0.6) is 0 Å². The lowest BCUT2D eigenvalue weighted by Gasteiger charge is -2.06. The Balaban J connectivity index is 2.24. The number of aromatic nitrogens is 1. The highest BCUT2D eigenvalue weighted by atomic mass is 19.1. The number of carbonyl (C=O) groups excluding carboxylic acids is 1. The molecular weight excluding hydrogens is 238 g/mol. The number of hydrogen-bond donors (Lipinski definition) is 1. The lowest BCUT2D eigenvalue weighted by Crippen LogP contribution is -2.27. The van der Waals surface area contributed by atoms with E-state index in [0.29, 0.717) is 5.56 Å². The second-order valence-electron chi connectivity index (χ2n) is 3.80. The SMILES string of the molecule is C[n+]1ccc(C(=O)Nc2c(F)cccc2F)cc1. The van der Waals surface area contributed by atoms with Crippen LogP contribution in [0.3, 0.4) is 0 Å². The van der Waals surface area contributed by atoms with E-state index >= 15 is 0 Å². The molecule has 0 aliphatic rings. The first kappa shape index (κ1) is 12.2. The summed E-state index contributed by atoms with van der Waals surface area (Å²) in [7, 11) is 1.80. The van der Waals surface area contributed by atoms with Gasteiger partial charge in [0.2, 0.25) is 0 Å². The maximum Gasteiger partial charge on any atom is 0.256 e. The van der Waals surface area contributed by atoms with Crippen LogP contribution in [0.25, 0.3) is 0 Å². The van der Waals surface area contributed by atoms with Gasteiger partial charge in [-0.2, -0.15) is 0 Å². The zero-order chi connectivity index (χ0) is 13.1. The summed E-state index contributed by atoms with van der Waals surface area (Å²) in [6.45, 7) is 0. The third-order valence-electron chi connectivity index (χ3n) is 2.44. The summed E-state index contributed by atoms with van der Waals surface area (Å²) >= 11 is 0. The van der Waals surface area contributed by atoms with E-state index in [0.717, 1.165) is 12.1 Å². The fourth-order valence-corrected chi connectivity index (χ4v) is 1.46. The number of anilines is 1. The van der Waals surface area contributed by atoms with Crippen LogP contribution in [0, 0.1) is 11.6 Å². The van der Waals surface area contributed by atoms with Gasteiger partial charge < -0.3 is 5.32 Å². The van der Waals surface area contributed by atoms with Crippen molar-refractivity contribution >= 4 is 11.6 Å². The summed E-state index contributed by atoms with van der Waals surface area (Å²) in [5, 5.41) is 2.22. The number of para-hydroxylation sites is 1. The van der Waals surface area contributed by atoms with Crippen LogP contribution in [-0.2, 0) is 7.05 Å². The maximum absolute atomic E-state index is 13.3. The second-order valence-corrected chi connectivity index (χ2v) is 3.80. The molecule has 2 aromatic rings. The minimum absolute atomic E-state index is 0.329. The van der Waals surface area contributed by atoms with Crippen LogP contribution in [-0.4, -0.2) is 5.91 Å². The van der Waals surface area contributed by atoms with Crippen molar-refractivity contribution in [1.29, 1.82) is 0 Å². The van der Waals surface area contributed by atoms with Crippen molar-refractivity contribution in [2.75, 3.05) is 5.32 Å². The summed E-state index contributed by atoms with van der Waals surface area (Å²) in [6, 6.07) is 6.54. The van der Waals surface area contributed by atoms with Gasteiger partial charge in [0, 0.05) is 12.1 Å². The quantitative estimate of drug-likeness (QED) is 0.812. The molecule has 2 rings (SSSR count). The Morgan fingerprint density at radius 1 is 1.11 bits per heavy atom. The summed E-state index contributed by atoms with van der Waals surface area (Å²) in [4.78, 5) is 11.8. The molecule has 1 aromatic carbocycles. The number of pyridine rings is 1. The summed E-state index contributed by atoms with van der Waals surface area (Å²) in [6.07, 6.45) is 3.35. The first-order chi connectivity index (χ1) is 8.58. The predicted octanol–water partition coefficient (Wildman–Crippen LogP) is 2.04. The minimum Gasteiger partial charge on any atom is -0.317 e. The molecule has 1 heterocycles. The van der Waals surface area contributed by atoms with Crippen LogP contribution in [0.1, 0.15) is 10.4 Å². The number of benzene rings is 1. The number of nitrogens with zero attached hydrogens (tertiary/aromatic N) is 1. The van der Waals surface area contributed by atoms with Gasteiger partial charge in [0.25, 0.3) is 5.91 Å². The normalized spacial score (nSPS) is 10.2. The Morgan fingerprint density at radius 3 is 2.22 bits per heavy atom. The van der Waals surface area contributed by atoms with Crippen molar-refractivity contribution in [2.45, 2.75) is 0 Å². The van der Waals surface area contributed by atoms with Crippen molar-refractivity contribution < 1.29 is 18.1 Å². The van der Waals surface area contributed by atoms with Crippen LogP contribution >= 0.6 is 0 Å². The monoisotopic (exact) mass is 249 g/mol. The smallest absolute Gasteiger partial charge is 0.256 e. The van der Waals surface area contributed by atoms with E-state index in [1.54, 1.807) is 36.1 Å². The second kappa shape index (κ2) is 4.91. The molecule has 92 valence electrons. The summed E-state index contributed by atoms with van der Waals surface area (Å²) in [5.74, 6) is -2.16. The Morgan fingerprint density at radius 2 is 1.67 bits per heavy atom. The minimum atomic E-state index is -0.801. The van der Waals surface area contributed by atoms with Crippen molar-refractivity contribution in [1.82, 2.24) is 0 Å². The highest BCUT2D eigenvalue weighted by Gasteiger charge is 2.13. The summed E-state index contributed by atoms with van der Waals surface area (Å²) < 4.78 is 28.4. The topological polar surface area (TPSA) is 33.0 Å². The predicted molar refractivity (Wildman–Crippen MR) is 61.9 cm³/mol. The number of aryl methyl sites for hydroxylation is 1. The molecule has 0 aliphatic heterocycles. The molecule has 0 fully saturated rings. The Kier molecular flexibility index (Phi) is 3.32. The van der Waals surface area contributed by atoms with Crippen molar-refractivity contribution in [2.24, 2.45) is 7.05 Å². The molecule has 5 heteroatoms. The fourth-order valence-electron chi connectivity index (χ4n) is 1.46. The first-order valence-electron chi connectivity index (χ1n) is 5.28. The fraction of sp³-hybridized carbons (Fsp3) is 0.0769. The molecule has 0 saturated heterocycles. The zero-order valence-electron chi connectivity index (χ0n) is 9.65. The molecular formula is C13H11F2N2O+.